The van der Waals surface area contributed by atoms with Crippen LogP contribution in [0.3, 0.4) is 0 Å². The van der Waals surface area contributed by atoms with Crippen LogP contribution in [0.15, 0.2) is 40.9 Å². The molecule has 20 heavy (non-hydrogen) atoms. The maximum absolute atomic E-state index is 13.4. The van der Waals surface area contributed by atoms with E-state index < -0.39 is 11.9 Å². The fraction of sp³-hybridized carbons (Fsp3) is 0.143. The smallest absolute Gasteiger partial charge is 0.125 e. The maximum atomic E-state index is 13.4. The number of aliphatic hydroxyl groups is 1. The summed E-state index contributed by atoms with van der Waals surface area (Å²) >= 11 is 15.1. The molecule has 0 aliphatic heterocycles. The van der Waals surface area contributed by atoms with Crippen LogP contribution in [-0.4, -0.2) is 11.7 Å². The van der Waals surface area contributed by atoms with Gasteiger partial charge in [0, 0.05) is 15.2 Å². The van der Waals surface area contributed by atoms with E-state index in [0.717, 1.165) is 10.2 Å². The summed E-state index contributed by atoms with van der Waals surface area (Å²) in [5.41, 5.74) is 1.32. The molecule has 0 fully saturated rings. The first-order valence-corrected chi connectivity index (χ1v) is 7.33. The molecule has 0 saturated carbocycles. The Bertz CT molecular complexity index is 604. The van der Waals surface area contributed by atoms with Gasteiger partial charge in [-0.25, -0.2) is 4.39 Å². The highest BCUT2D eigenvalue weighted by molar-refractivity contribution is 9.10. The molecule has 0 bridgehead atoms. The lowest BCUT2D eigenvalue weighted by atomic mass is 10.1. The number of anilines is 1. The maximum Gasteiger partial charge on any atom is 0.125 e. The fourth-order valence-corrected chi connectivity index (χ4v) is 2.52. The molecule has 6 heteroatoms. The van der Waals surface area contributed by atoms with Crippen molar-refractivity contribution in [3.8, 4) is 0 Å². The Morgan fingerprint density at radius 2 is 1.95 bits per heavy atom. The summed E-state index contributed by atoms with van der Waals surface area (Å²) in [5.74, 6) is -0.440. The van der Waals surface area contributed by atoms with Crippen LogP contribution >= 0.6 is 39.1 Å². The van der Waals surface area contributed by atoms with Crippen LogP contribution in [0.2, 0.25) is 10.0 Å². The highest BCUT2D eigenvalue weighted by Gasteiger charge is 2.13. The van der Waals surface area contributed by atoms with Gasteiger partial charge in [-0.1, -0.05) is 23.2 Å². The van der Waals surface area contributed by atoms with E-state index in [9.17, 15) is 9.50 Å². The first kappa shape index (κ1) is 15.6. The number of rotatable bonds is 4. The second kappa shape index (κ2) is 6.76. The molecule has 2 rings (SSSR count). The number of nitrogens with one attached hydrogen (secondary N) is 1. The van der Waals surface area contributed by atoms with Gasteiger partial charge in [-0.2, -0.15) is 0 Å². The number of halogens is 4. The molecule has 2 nitrogen and oxygen atoms in total. The van der Waals surface area contributed by atoms with E-state index in [-0.39, 0.29) is 11.6 Å². The third kappa shape index (κ3) is 3.85. The Labute approximate surface area is 134 Å². The average molecular weight is 379 g/mol. The fourth-order valence-electron chi connectivity index (χ4n) is 1.80. The second-order valence-corrected chi connectivity index (χ2v) is 5.91. The van der Waals surface area contributed by atoms with E-state index in [1.165, 1.54) is 12.1 Å². The Morgan fingerprint density at radius 3 is 2.55 bits per heavy atom. The predicted octanol–water partition coefficient (Wildman–Crippen LogP) is 5.04. The van der Waals surface area contributed by atoms with Gasteiger partial charge in [0.2, 0.25) is 0 Å². The topological polar surface area (TPSA) is 32.3 Å². The van der Waals surface area contributed by atoms with Crippen LogP contribution in [0.25, 0.3) is 0 Å². The van der Waals surface area contributed by atoms with Crippen molar-refractivity contribution >= 4 is 44.8 Å². The first-order chi connectivity index (χ1) is 9.49. The van der Waals surface area contributed by atoms with Crippen LogP contribution < -0.4 is 5.32 Å². The van der Waals surface area contributed by atoms with E-state index in [1.807, 2.05) is 0 Å². The van der Waals surface area contributed by atoms with Gasteiger partial charge in [-0.15, -0.1) is 0 Å². The normalized spacial score (nSPS) is 12.2. The molecule has 2 aromatic carbocycles. The highest BCUT2D eigenvalue weighted by Crippen LogP contribution is 2.28. The zero-order valence-corrected chi connectivity index (χ0v) is 13.3. The standard InChI is InChI=1S/C14H11BrCl2FNO/c15-12-6-11(1-2-13(12)17)19-14(7-20)8-3-9(16)5-10(18)4-8/h1-6,14,19-20H,7H2. The number of hydrogen-bond donors (Lipinski definition) is 2. The van der Waals surface area contributed by atoms with Gasteiger partial charge in [0.25, 0.3) is 0 Å². The third-order valence-electron chi connectivity index (χ3n) is 2.73. The molecule has 2 aromatic rings. The molecule has 0 aromatic heterocycles. The lowest BCUT2D eigenvalue weighted by molar-refractivity contribution is 0.276. The minimum atomic E-state index is -0.462. The van der Waals surface area contributed by atoms with Gasteiger partial charge >= 0.3 is 0 Å². The quantitative estimate of drug-likeness (QED) is 0.780. The molecule has 0 aliphatic carbocycles. The van der Waals surface area contributed by atoms with Crippen molar-refractivity contribution in [1.29, 1.82) is 0 Å². The van der Waals surface area contributed by atoms with Gasteiger partial charge in [0.1, 0.15) is 5.82 Å². The van der Waals surface area contributed by atoms with Crippen molar-refractivity contribution in [3.63, 3.8) is 0 Å². The lowest BCUT2D eigenvalue weighted by Gasteiger charge is -2.19. The molecule has 106 valence electrons. The molecule has 0 radical (unpaired) electrons. The zero-order valence-electron chi connectivity index (χ0n) is 10.2. The Morgan fingerprint density at radius 1 is 1.20 bits per heavy atom. The highest BCUT2D eigenvalue weighted by atomic mass is 79.9. The van der Waals surface area contributed by atoms with E-state index in [0.29, 0.717) is 10.6 Å². The molecule has 0 heterocycles. The van der Waals surface area contributed by atoms with E-state index in [4.69, 9.17) is 23.2 Å². The first-order valence-electron chi connectivity index (χ1n) is 5.78. The van der Waals surface area contributed by atoms with E-state index >= 15 is 0 Å². The van der Waals surface area contributed by atoms with Gasteiger partial charge in [-0.3, -0.25) is 0 Å². The number of aliphatic hydroxyl groups excluding tert-OH is 1. The van der Waals surface area contributed by atoms with Crippen molar-refractivity contribution in [3.05, 3.63) is 62.3 Å². The van der Waals surface area contributed by atoms with Gasteiger partial charge < -0.3 is 10.4 Å². The Balaban J connectivity index is 2.26. The van der Waals surface area contributed by atoms with Gasteiger partial charge in [0.05, 0.1) is 17.7 Å². The summed E-state index contributed by atoms with van der Waals surface area (Å²) in [7, 11) is 0. The summed E-state index contributed by atoms with van der Waals surface area (Å²) in [6.45, 7) is -0.194. The minimum Gasteiger partial charge on any atom is -0.394 e. The van der Waals surface area contributed by atoms with Gasteiger partial charge in [0.15, 0.2) is 0 Å². The van der Waals surface area contributed by atoms with Crippen LogP contribution in [0.5, 0.6) is 0 Å². The summed E-state index contributed by atoms with van der Waals surface area (Å²) in [5, 5.41) is 13.5. The van der Waals surface area contributed by atoms with E-state index in [1.54, 1.807) is 24.3 Å². The summed E-state index contributed by atoms with van der Waals surface area (Å²) in [6, 6.07) is 8.99. The summed E-state index contributed by atoms with van der Waals surface area (Å²) < 4.78 is 14.1. The molecule has 0 amide bonds. The lowest BCUT2D eigenvalue weighted by Crippen LogP contribution is -2.15. The number of hydrogen-bond acceptors (Lipinski definition) is 2. The van der Waals surface area contributed by atoms with Crippen LogP contribution in [0, 0.1) is 5.82 Å². The van der Waals surface area contributed by atoms with Crippen LogP contribution in [0.1, 0.15) is 11.6 Å². The van der Waals surface area contributed by atoms with Crippen molar-refractivity contribution in [2.45, 2.75) is 6.04 Å². The zero-order chi connectivity index (χ0) is 14.7. The van der Waals surface area contributed by atoms with Crippen LogP contribution in [-0.2, 0) is 0 Å². The van der Waals surface area contributed by atoms with Crippen LogP contribution in [0.4, 0.5) is 10.1 Å². The molecule has 0 saturated heterocycles. The summed E-state index contributed by atoms with van der Waals surface area (Å²) in [4.78, 5) is 0. The average Bonchev–Trinajstić information content (AvgIpc) is 2.38. The Hall–Kier alpha value is -0.810. The Kier molecular flexibility index (Phi) is 5.27. The molecule has 0 spiro atoms. The molecule has 2 N–H and O–H groups in total. The van der Waals surface area contributed by atoms with Crippen molar-refractivity contribution in [2.75, 3.05) is 11.9 Å². The molecule has 1 unspecified atom stereocenters. The minimum absolute atomic E-state index is 0.194. The largest absolute Gasteiger partial charge is 0.394 e. The van der Waals surface area contributed by atoms with E-state index in [2.05, 4.69) is 21.2 Å². The van der Waals surface area contributed by atoms with Crippen molar-refractivity contribution in [2.24, 2.45) is 0 Å². The van der Waals surface area contributed by atoms with Crippen molar-refractivity contribution < 1.29 is 9.50 Å². The molecule has 0 aliphatic rings. The molecular formula is C14H11BrCl2FNO. The SMILES string of the molecule is OCC(Nc1ccc(Cl)c(Br)c1)c1cc(F)cc(Cl)c1. The predicted molar refractivity (Wildman–Crippen MR) is 84.0 cm³/mol. The second-order valence-electron chi connectivity index (χ2n) is 4.21. The monoisotopic (exact) mass is 377 g/mol. The van der Waals surface area contributed by atoms with Gasteiger partial charge in [-0.05, 0) is 57.9 Å². The van der Waals surface area contributed by atoms with Crippen molar-refractivity contribution in [1.82, 2.24) is 0 Å². The summed E-state index contributed by atoms with van der Waals surface area (Å²) in [6.07, 6.45) is 0. The number of benzene rings is 2. The molecule has 1 atom stereocenters. The third-order valence-corrected chi connectivity index (χ3v) is 4.16. The molecular weight excluding hydrogens is 368 g/mol.